The maximum Gasteiger partial charge on any atom is 0.317 e. The lowest BCUT2D eigenvalue weighted by Gasteiger charge is -2.19. The van der Waals surface area contributed by atoms with Crippen molar-refractivity contribution in [3.05, 3.63) is 24.3 Å². The number of carboxylic acid groups (broad SMARTS) is 1. The summed E-state index contributed by atoms with van der Waals surface area (Å²) in [5.41, 5.74) is 1.37. The van der Waals surface area contributed by atoms with Crippen LogP contribution in [0.3, 0.4) is 0 Å². The molecule has 7 nitrogen and oxygen atoms in total. The van der Waals surface area contributed by atoms with E-state index < -0.39 is 5.97 Å². The van der Waals surface area contributed by atoms with E-state index in [1.54, 1.807) is 28.0 Å². The largest absolute Gasteiger partial charge is 0.480 e. The number of amides is 2. The van der Waals surface area contributed by atoms with Gasteiger partial charge < -0.3 is 15.3 Å². The van der Waals surface area contributed by atoms with Crippen LogP contribution in [0.25, 0.3) is 0 Å². The second kappa shape index (κ2) is 8.44. The molecule has 0 unspecified atom stereocenters. The third-order valence-electron chi connectivity index (χ3n) is 3.78. The highest BCUT2D eigenvalue weighted by Gasteiger charge is 2.22. The summed E-state index contributed by atoms with van der Waals surface area (Å²) in [6.07, 6.45) is 2.17. The molecule has 2 rings (SSSR count). The first kappa shape index (κ1) is 17.9. The molecule has 130 valence electrons. The Morgan fingerprint density at radius 2 is 2.12 bits per heavy atom. The van der Waals surface area contributed by atoms with Gasteiger partial charge in [-0.1, -0.05) is 13.0 Å². The maximum atomic E-state index is 12.1. The molecule has 1 aromatic rings. The number of carbonyl (C=O) groups is 3. The molecule has 1 saturated heterocycles. The highest BCUT2D eigenvalue weighted by atomic mass is 16.4. The first-order valence-electron chi connectivity index (χ1n) is 8.14. The van der Waals surface area contributed by atoms with E-state index in [2.05, 4.69) is 5.32 Å². The van der Waals surface area contributed by atoms with Gasteiger partial charge in [0.1, 0.15) is 0 Å². The van der Waals surface area contributed by atoms with Crippen molar-refractivity contribution < 1.29 is 19.5 Å². The number of carboxylic acids is 1. The van der Waals surface area contributed by atoms with Crippen LogP contribution in [0.4, 0.5) is 11.4 Å². The minimum atomic E-state index is -0.953. The number of carbonyl (C=O) groups excluding carboxylic acids is 2. The second-order valence-electron chi connectivity index (χ2n) is 5.85. The molecule has 24 heavy (non-hydrogen) atoms. The Hall–Kier alpha value is -2.41. The van der Waals surface area contributed by atoms with Crippen molar-refractivity contribution in [2.45, 2.75) is 26.2 Å². The summed E-state index contributed by atoms with van der Waals surface area (Å²) in [5.74, 6) is -1.13. The molecule has 0 bridgehead atoms. The van der Waals surface area contributed by atoms with Gasteiger partial charge in [0.15, 0.2) is 0 Å². The number of hydrogen-bond donors (Lipinski definition) is 2. The van der Waals surface area contributed by atoms with Crippen molar-refractivity contribution in [2.24, 2.45) is 0 Å². The van der Waals surface area contributed by atoms with Gasteiger partial charge in [0, 0.05) is 24.3 Å². The predicted molar refractivity (Wildman–Crippen MR) is 91.0 cm³/mol. The van der Waals surface area contributed by atoms with Crippen molar-refractivity contribution >= 4 is 29.2 Å². The smallest absolute Gasteiger partial charge is 0.317 e. The topological polar surface area (TPSA) is 89.9 Å². The molecule has 1 fully saturated rings. The summed E-state index contributed by atoms with van der Waals surface area (Å²) in [4.78, 5) is 38.1. The van der Waals surface area contributed by atoms with E-state index in [0.717, 1.165) is 18.5 Å². The lowest BCUT2D eigenvalue weighted by molar-refractivity contribution is -0.138. The van der Waals surface area contributed by atoms with Gasteiger partial charge in [-0.05, 0) is 37.6 Å². The first-order valence-corrected chi connectivity index (χ1v) is 8.14. The number of hydrogen-bond acceptors (Lipinski definition) is 4. The molecule has 1 aliphatic rings. The number of nitrogens with zero attached hydrogens (tertiary/aromatic N) is 2. The van der Waals surface area contributed by atoms with Gasteiger partial charge in [0.05, 0.1) is 13.1 Å². The van der Waals surface area contributed by atoms with Crippen LogP contribution in [0.2, 0.25) is 0 Å². The van der Waals surface area contributed by atoms with Crippen LogP contribution in [0.15, 0.2) is 24.3 Å². The lowest BCUT2D eigenvalue weighted by atomic mass is 10.2. The molecule has 1 aliphatic heterocycles. The fourth-order valence-corrected chi connectivity index (χ4v) is 2.80. The predicted octanol–water partition coefficient (Wildman–Crippen LogP) is 1.55. The van der Waals surface area contributed by atoms with E-state index in [-0.39, 0.29) is 24.9 Å². The molecule has 0 aliphatic carbocycles. The van der Waals surface area contributed by atoms with E-state index in [1.807, 2.05) is 13.0 Å². The normalized spacial score (nSPS) is 14.2. The van der Waals surface area contributed by atoms with Crippen LogP contribution in [-0.2, 0) is 14.4 Å². The van der Waals surface area contributed by atoms with Crippen LogP contribution in [0.1, 0.15) is 26.2 Å². The Morgan fingerprint density at radius 3 is 2.75 bits per heavy atom. The molecule has 0 atom stereocenters. The number of aliphatic carboxylic acids is 1. The molecule has 7 heteroatoms. The van der Waals surface area contributed by atoms with Gasteiger partial charge in [-0.25, -0.2) is 0 Å². The minimum absolute atomic E-state index is 0.0208. The zero-order chi connectivity index (χ0) is 17.5. The van der Waals surface area contributed by atoms with Gasteiger partial charge in [-0.15, -0.1) is 0 Å². The fourth-order valence-electron chi connectivity index (χ4n) is 2.80. The quantitative estimate of drug-likeness (QED) is 0.753. The summed E-state index contributed by atoms with van der Waals surface area (Å²) in [5, 5.41) is 11.7. The fraction of sp³-hybridized carbons (Fsp3) is 0.471. The average molecular weight is 333 g/mol. The van der Waals surface area contributed by atoms with Crippen molar-refractivity contribution in [3.8, 4) is 0 Å². The number of anilines is 2. The molecule has 0 aromatic heterocycles. The standard InChI is InChI=1S/C17H23N3O4/c1-2-8-19(12-17(23)24)11-15(21)18-13-5-3-6-14(10-13)20-9-4-7-16(20)22/h3,5-6,10H,2,4,7-9,11-12H2,1H3,(H,18,21)(H,23,24). The van der Waals surface area contributed by atoms with E-state index >= 15 is 0 Å². The number of rotatable bonds is 8. The van der Waals surface area contributed by atoms with Crippen LogP contribution < -0.4 is 10.2 Å². The molecule has 1 aromatic carbocycles. The Kier molecular flexibility index (Phi) is 6.31. The molecule has 2 amide bonds. The summed E-state index contributed by atoms with van der Waals surface area (Å²) >= 11 is 0. The SMILES string of the molecule is CCCN(CC(=O)O)CC(=O)Nc1cccc(N2CCCC2=O)c1. The van der Waals surface area contributed by atoms with Gasteiger partial charge in [0.2, 0.25) is 11.8 Å². The van der Waals surface area contributed by atoms with Crippen molar-refractivity contribution in [3.63, 3.8) is 0 Å². The summed E-state index contributed by atoms with van der Waals surface area (Å²) in [6, 6.07) is 7.15. The van der Waals surface area contributed by atoms with Gasteiger partial charge in [-0.3, -0.25) is 19.3 Å². The highest BCUT2D eigenvalue weighted by Crippen LogP contribution is 2.24. The van der Waals surface area contributed by atoms with E-state index in [0.29, 0.717) is 25.2 Å². The molecule has 0 saturated carbocycles. The highest BCUT2D eigenvalue weighted by molar-refractivity contribution is 5.97. The van der Waals surface area contributed by atoms with Crippen molar-refractivity contribution in [1.82, 2.24) is 4.90 Å². The second-order valence-corrected chi connectivity index (χ2v) is 5.85. The molecule has 0 spiro atoms. The van der Waals surface area contributed by atoms with E-state index in [9.17, 15) is 14.4 Å². The zero-order valence-corrected chi connectivity index (χ0v) is 13.8. The van der Waals surface area contributed by atoms with Gasteiger partial charge >= 0.3 is 5.97 Å². The van der Waals surface area contributed by atoms with Crippen LogP contribution in [0.5, 0.6) is 0 Å². The Morgan fingerprint density at radius 1 is 1.33 bits per heavy atom. The third kappa shape index (κ3) is 5.06. The molecule has 2 N–H and O–H groups in total. The van der Waals surface area contributed by atoms with Gasteiger partial charge in [0.25, 0.3) is 0 Å². The Balaban J connectivity index is 1.98. The number of nitrogens with one attached hydrogen (secondary N) is 1. The van der Waals surface area contributed by atoms with E-state index in [4.69, 9.17) is 5.11 Å². The van der Waals surface area contributed by atoms with Crippen molar-refractivity contribution in [1.29, 1.82) is 0 Å². The van der Waals surface area contributed by atoms with E-state index in [1.165, 1.54) is 0 Å². The van der Waals surface area contributed by atoms with Gasteiger partial charge in [-0.2, -0.15) is 0 Å². The summed E-state index contributed by atoms with van der Waals surface area (Å²) in [6.45, 7) is 3.03. The summed E-state index contributed by atoms with van der Waals surface area (Å²) < 4.78 is 0. The Bertz CT molecular complexity index is 618. The van der Waals surface area contributed by atoms with Crippen molar-refractivity contribution in [2.75, 3.05) is 36.4 Å². The molecular formula is C17H23N3O4. The third-order valence-corrected chi connectivity index (χ3v) is 3.78. The Labute approximate surface area is 141 Å². The average Bonchev–Trinajstić information content (AvgIpc) is 2.93. The molecule has 0 radical (unpaired) electrons. The van der Waals surface area contributed by atoms with Crippen LogP contribution in [0, 0.1) is 0 Å². The zero-order valence-electron chi connectivity index (χ0n) is 13.8. The lowest BCUT2D eigenvalue weighted by Crippen LogP contribution is -2.37. The number of benzene rings is 1. The summed E-state index contributed by atoms with van der Waals surface area (Å²) in [7, 11) is 0. The maximum absolute atomic E-state index is 12.1. The van der Waals surface area contributed by atoms with Crippen LogP contribution in [-0.4, -0.2) is 54.0 Å². The van der Waals surface area contributed by atoms with Crippen LogP contribution >= 0.6 is 0 Å². The first-order chi connectivity index (χ1) is 11.5. The molecule has 1 heterocycles. The minimum Gasteiger partial charge on any atom is -0.480 e. The monoisotopic (exact) mass is 333 g/mol. The molecular weight excluding hydrogens is 310 g/mol.